The van der Waals surface area contributed by atoms with E-state index in [9.17, 15) is 15.3 Å². The number of hydrogen-bond acceptors (Lipinski definition) is 6. The molecule has 4 N–H and O–H groups in total. The van der Waals surface area contributed by atoms with Crippen molar-refractivity contribution in [1.82, 2.24) is 0 Å². The minimum Gasteiger partial charge on any atom is -0.595 e. The molecule has 0 fully saturated rings. The van der Waals surface area contributed by atoms with Gasteiger partial charge < -0.3 is 10.4 Å². The van der Waals surface area contributed by atoms with Crippen LogP contribution in [-0.4, -0.2) is 10.4 Å². The van der Waals surface area contributed by atoms with Gasteiger partial charge in [-0.2, -0.15) is 10.5 Å². The van der Waals surface area contributed by atoms with E-state index in [0.29, 0.717) is 0 Å². The summed E-state index contributed by atoms with van der Waals surface area (Å²) in [5.41, 5.74) is -0.577. The first-order valence-electron chi connectivity index (χ1n) is 3.92. The lowest BCUT2D eigenvalue weighted by atomic mass is 10.1. The third-order valence-corrected chi connectivity index (χ3v) is 1.96. The van der Waals surface area contributed by atoms with Crippen LogP contribution in [-0.2, 0) is 0 Å². The van der Waals surface area contributed by atoms with E-state index in [1.165, 1.54) is 6.92 Å². The summed E-state index contributed by atoms with van der Waals surface area (Å²) < 4.78 is 0. The minimum atomic E-state index is -1.29. The van der Waals surface area contributed by atoms with Gasteiger partial charge in [0.25, 0.3) is 0 Å². The monoisotopic (exact) mass is 215 g/mol. The van der Waals surface area contributed by atoms with Crippen molar-refractivity contribution in [3.63, 3.8) is 0 Å². The zero-order valence-electron chi connectivity index (χ0n) is 7.72. The molecule has 1 aromatic carbocycles. The van der Waals surface area contributed by atoms with Crippen LogP contribution in [0.25, 0.3) is 0 Å². The summed E-state index contributed by atoms with van der Waals surface area (Å²) in [7, 11) is 0. The predicted octanol–water partition coefficient (Wildman–Crippen LogP) is -0.800. The van der Waals surface area contributed by atoms with Crippen LogP contribution in [0.4, 0.5) is 17.1 Å². The summed E-state index contributed by atoms with van der Waals surface area (Å²) in [5.74, 6) is 0. The molecule has 8 nitrogen and oxygen atoms in total. The summed E-state index contributed by atoms with van der Waals surface area (Å²) in [5, 5.41) is 38.9. The third kappa shape index (κ3) is 2.33. The topological polar surface area (TPSA) is 125 Å². The lowest BCUT2D eigenvalue weighted by Gasteiger charge is -2.18. The number of quaternary nitrogens is 2. The second-order valence-corrected chi connectivity index (χ2v) is 2.87. The van der Waals surface area contributed by atoms with E-state index in [2.05, 4.69) is 5.18 Å². The molecule has 0 aliphatic rings. The Morgan fingerprint density at radius 2 is 1.60 bits per heavy atom. The van der Waals surface area contributed by atoms with Crippen LogP contribution in [0.3, 0.4) is 0 Å². The Morgan fingerprint density at radius 3 is 1.87 bits per heavy atom. The van der Waals surface area contributed by atoms with Gasteiger partial charge in [0, 0.05) is 12.1 Å². The molecule has 0 aliphatic heterocycles. The molecule has 0 saturated carbocycles. The molecule has 2 unspecified atom stereocenters. The van der Waals surface area contributed by atoms with Gasteiger partial charge in [0.05, 0.1) is 5.56 Å². The van der Waals surface area contributed by atoms with Crippen LogP contribution in [0.2, 0.25) is 0 Å². The molecule has 2 atom stereocenters. The van der Waals surface area contributed by atoms with Crippen molar-refractivity contribution in [3.05, 3.63) is 33.0 Å². The molecule has 0 aliphatic carbocycles. The summed E-state index contributed by atoms with van der Waals surface area (Å²) in [6, 6.07) is 2.08. The number of nitrogens with zero attached hydrogens (tertiary/aromatic N) is 1. The Labute approximate surface area is 84.0 Å². The molecule has 1 rings (SSSR count). The maximum absolute atomic E-state index is 10.7. The Morgan fingerprint density at radius 1 is 1.20 bits per heavy atom. The number of rotatable bonds is 3. The van der Waals surface area contributed by atoms with Crippen molar-refractivity contribution in [2.75, 3.05) is 0 Å². The number of benzene rings is 1. The first-order valence-corrected chi connectivity index (χ1v) is 3.92. The summed E-state index contributed by atoms with van der Waals surface area (Å²) >= 11 is 0. The number of hydrogen-bond donors (Lipinski definition) is 4. The molecular weight excluding hydrogens is 206 g/mol. The highest BCUT2D eigenvalue weighted by molar-refractivity contribution is 5.61. The Kier molecular flexibility index (Phi) is 3.42. The fourth-order valence-corrected chi connectivity index (χ4v) is 1.20. The Bertz CT molecular complexity index is 350. The van der Waals surface area contributed by atoms with Crippen molar-refractivity contribution in [2.24, 2.45) is 5.18 Å². The molecule has 0 saturated heterocycles. The number of nitrogens with one attached hydrogen (secondary N) is 2. The van der Waals surface area contributed by atoms with E-state index in [1.807, 2.05) is 0 Å². The molecule has 0 radical (unpaired) electrons. The van der Waals surface area contributed by atoms with Crippen molar-refractivity contribution < 1.29 is 20.9 Å². The van der Waals surface area contributed by atoms with E-state index in [4.69, 9.17) is 10.4 Å². The Hall–Kier alpha value is -1.42. The fraction of sp³-hybridized carbons (Fsp3) is 0.143. The first-order chi connectivity index (χ1) is 6.97. The molecule has 82 valence electrons. The van der Waals surface area contributed by atoms with Crippen molar-refractivity contribution in [2.45, 2.75) is 6.92 Å². The average Bonchev–Trinajstić information content (AvgIpc) is 2.17. The molecule has 0 amide bonds. The van der Waals surface area contributed by atoms with E-state index >= 15 is 0 Å². The molecule has 15 heavy (non-hydrogen) atoms. The number of nitroso groups, excluding NO2 is 1. The fourth-order valence-electron chi connectivity index (χ4n) is 1.20. The lowest BCUT2D eigenvalue weighted by molar-refractivity contribution is -0.996. The summed E-state index contributed by atoms with van der Waals surface area (Å²) in [4.78, 5) is 10.2. The van der Waals surface area contributed by atoms with Crippen LogP contribution in [0.1, 0.15) is 5.56 Å². The summed E-state index contributed by atoms with van der Waals surface area (Å²) in [6.07, 6.45) is 0. The van der Waals surface area contributed by atoms with Crippen molar-refractivity contribution in [3.8, 4) is 0 Å². The first kappa shape index (κ1) is 11.7. The third-order valence-electron chi connectivity index (χ3n) is 1.96. The van der Waals surface area contributed by atoms with E-state index < -0.39 is 10.5 Å². The van der Waals surface area contributed by atoms with Crippen LogP contribution < -0.4 is 10.5 Å². The zero-order valence-corrected chi connectivity index (χ0v) is 7.72. The smallest absolute Gasteiger partial charge is 0.175 e. The standard InChI is InChI=1S/C7H9N3O5/c1-4-6(9(12)13)2-5(8-11)3-7(4)10(14)15/h2-3,9-10,12,14H,1H3. The Balaban J connectivity index is 3.40. The van der Waals surface area contributed by atoms with Gasteiger partial charge in [0.2, 0.25) is 0 Å². The van der Waals surface area contributed by atoms with Gasteiger partial charge in [-0.25, -0.2) is 10.4 Å². The normalized spacial score (nSPS) is 14.7. The molecule has 1 aromatic rings. The predicted molar refractivity (Wildman–Crippen MR) is 48.2 cm³/mol. The largest absolute Gasteiger partial charge is 0.595 e. The average molecular weight is 215 g/mol. The van der Waals surface area contributed by atoms with Gasteiger partial charge in [0.15, 0.2) is 11.4 Å². The maximum Gasteiger partial charge on any atom is 0.175 e. The van der Waals surface area contributed by atoms with Crippen LogP contribution in [0.5, 0.6) is 0 Å². The van der Waals surface area contributed by atoms with Crippen LogP contribution >= 0.6 is 0 Å². The second-order valence-electron chi connectivity index (χ2n) is 2.87. The van der Waals surface area contributed by atoms with Gasteiger partial charge >= 0.3 is 0 Å². The van der Waals surface area contributed by atoms with Crippen LogP contribution in [0, 0.1) is 22.2 Å². The molecule has 0 bridgehead atoms. The van der Waals surface area contributed by atoms with Gasteiger partial charge in [-0.3, -0.25) is 0 Å². The minimum absolute atomic E-state index is 0.0994. The van der Waals surface area contributed by atoms with E-state index in [-0.39, 0.29) is 22.6 Å². The van der Waals surface area contributed by atoms with Crippen molar-refractivity contribution in [1.29, 1.82) is 0 Å². The highest BCUT2D eigenvalue weighted by Gasteiger charge is 2.17. The summed E-state index contributed by atoms with van der Waals surface area (Å²) in [6.45, 7) is 1.36. The molecule has 8 heteroatoms. The van der Waals surface area contributed by atoms with E-state index in [1.54, 1.807) is 0 Å². The van der Waals surface area contributed by atoms with E-state index in [0.717, 1.165) is 12.1 Å². The highest BCUT2D eigenvalue weighted by atomic mass is 16.8. The molecule has 0 spiro atoms. The quantitative estimate of drug-likeness (QED) is 0.388. The van der Waals surface area contributed by atoms with Gasteiger partial charge in [0.1, 0.15) is 5.69 Å². The SMILES string of the molecule is Cc1c([NH+]([O-])O)cc(N=O)cc1[NH+]([O-])O. The highest BCUT2D eigenvalue weighted by Crippen LogP contribution is 2.25. The van der Waals surface area contributed by atoms with Gasteiger partial charge in [-0.05, 0) is 12.1 Å². The van der Waals surface area contributed by atoms with Gasteiger partial charge in [-0.1, -0.05) is 0 Å². The molecule has 0 heterocycles. The molecular formula is C7H9N3O5. The lowest BCUT2D eigenvalue weighted by Crippen LogP contribution is -3.01. The zero-order chi connectivity index (χ0) is 11.6. The van der Waals surface area contributed by atoms with Gasteiger partial charge in [-0.15, -0.1) is 4.91 Å². The van der Waals surface area contributed by atoms with Crippen LogP contribution in [0.15, 0.2) is 17.3 Å². The molecule has 0 aromatic heterocycles. The van der Waals surface area contributed by atoms with Crippen molar-refractivity contribution >= 4 is 17.1 Å². The second kappa shape index (κ2) is 4.40. The maximum atomic E-state index is 10.7.